The Morgan fingerprint density at radius 3 is 2.94 bits per heavy atom. The van der Waals surface area contributed by atoms with Gasteiger partial charge in [-0.15, -0.1) is 11.3 Å². The van der Waals surface area contributed by atoms with Gasteiger partial charge in [0.1, 0.15) is 0 Å². The molecule has 0 spiro atoms. The van der Waals surface area contributed by atoms with Gasteiger partial charge in [0.05, 0.1) is 0 Å². The third-order valence-electron chi connectivity index (χ3n) is 4.02. The maximum absolute atomic E-state index is 3.72. The molecule has 2 atom stereocenters. The summed E-state index contributed by atoms with van der Waals surface area (Å²) in [5, 5.41) is 5.90. The van der Waals surface area contributed by atoms with Crippen molar-refractivity contribution in [3.63, 3.8) is 0 Å². The summed E-state index contributed by atoms with van der Waals surface area (Å²) in [6.45, 7) is 10.3. The van der Waals surface area contributed by atoms with Crippen molar-refractivity contribution in [3.8, 4) is 0 Å². The van der Waals surface area contributed by atoms with Gasteiger partial charge in [-0.05, 0) is 31.2 Å². The number of nitrogens with one attached hydrogen (secondary N) is 1. The van der Waals surface area contributed by atoms with Crippen molar-refractivity contribution in [1.82, 2.24) is 10.2 Å². The summed E-state index contributed by atoms with van der Waals surface area (Å²) in [6.07, 6.45) is 2.43. The third kappa shape index (κ3) is 3.09. The second-order valence-corrected chi connectivity index (χ2v) is 6.37. The number of hydrogen-bond acceptors (Lipinski definition) is 3. The van der Waals surface area contributed by atoms with Gasteiger partial charge >= 0.3 is 0 Å². The Labute approximate surface area is 109 Å². The Balaban J connectivity index is 2.05. The fourth-order valence-corrected chi connectivity index (χ4v) is 3.28. The molecule has 0 bridgehead atoms. The lowest BCUT2D eigenvalue weighted by molar-refractivity contribution is 0.0764. The minimum absolute atomic E-state index is 0.295. The smallest absolute Gasteiger partial charge is 0.0332 e. The van der Waals surface area contributed by atoms with Gasteiger partial charge in [-0.1, -0.05) is 19.9 Å². The van der Waals surface area contributed by atoms with Crippen molar-refractivity contribution in [1.29, 1.82) is 0 Å². The van der Waals surface area contributed by atoms with E-state index in [0.717, 1.165) is 13.1 Å². The predicted molar refractivity (Wildman–Crippen MR) is 75.5 cm³/mol. The first-order valence-electron chi connectivity index (χ1n) is 6.68. The van der Waals surface area contributed by atoms with Gasteiger partial charge in [-0.3, -0.25) is 4.90 Å². The van der Waals surface area contributed by atoms with Gasteiger partial charge in [-0.2, -0.15) is 0 Å². The summed E-state index contributed by atoms with van der Waals surface area (Å²) >= 11 is 1.87. The maximum Gasteiger partial charge on any atom is 0.0332 e. The van der Waals surface area contributed by atoms with Crippen LogP contribution in [0.3, 0.4) is 0 Å². The van der Waals surface area contributed by atoms with Crippen LogP contribution < -0.4 is 5.32 Å². The van der Waals surface area contributed by atoms with Crippen LogP contribution in [0.15, 0.2) is 17.5 Å². The lowest BCUT2D eigenvalue weighted by Crippen LogP contribution is -2.62. The van der Waals surface area contributed by atoms with Crippen molar-refractivity contribution in [3.05, 3.63) is 22.4 Å². The van der Waals surface area contributed by atoms with Crippen LogP contribution >= 0.6 is 11.3 Å². The first-order chi connectivity index (χ1) is 8.17. The number of nitrogens with zero attached hydrogens (tertiary/aromatic N) is 1. The first-order valence-corrected chi connectivity index (χ1v) is 7.56. The minimum atomic E-state index is 0.295. The van der Waals surface area contributed by atoms with Crippen LogP contribution in [0, 0.1) is 0 Å². The van der Waals surface area contributed by atoms with Gasteiger partial charge in [0.25, 0.3) is 0 Å². The average Bonchev–Trinajstić information content (AvgIpc) is 2.82. The van der Waals surface area contributed by atoms with Crippen LogP contribution in [0.5, 0.6) is 0 Å². The van der Waals surface area contributed by atoms with Crippen LogP contribution in [0.25, 0.3) is 0 Å². The molecule has 0 radical (unpaired) electrons. The van der Waals surface area contributed by atoms with E-state index in [4.69, 9.17) is 0 Å². The zero-order chi connectivity index (χ0) is 12.3. The second kappa shape index (κ2) is 5.51. The van der Waals surface area contributed by atoms with Crippen LogP contribution in [0.2, 0.25) is 0 Å². The van der Waals surface area contributed by atoms with Crippen molar-refractivity contribution in [2.45, 2.75) is 51.7 Å². The molecule has 3 heteroatoms. The molecule has 2 nitrogen and oxygen atoms in total. The molecule has 1 aromatic rings. The SMILES string of the molecule is CCC1CNC(C)(CC)CN1Cc1cccs1. The highest BCUT2D eigenvalue weighted by Crippen LogP contribution is 2.23. The Kier molecular flexibility index (Phi) is 4.23. The molecule has 2 rings (SSSR count). The van der Waals surface area contributed by atoms with E-state index in [2.05, 4.69) is 48.5 Å². The Hall–Kier alpha value is -0.380. The van der Waals surface area contributed by atoms with Crippen molar-refractivity contribution >= 4 is 11.3 Å². The molecule has 1 aliphatic heterocycles. The molecule has 17 heavy (non-hydrogen) atoms. The summed E-state index contributed by atoms with van der Waals surface area (Å²) in [6, 6.07) is 5.10. The first kappa shape index (κ1) is 13.1. The van der Waals surface area contributed by atoms with Crippen LogP contribution in [-0.2, 0) is 6.54 Å². The van der Waals surface area contributed by atoms with E-state index in [1.165, 1.54) is 24.3 Å². The Morgan fingerprint density at radius 2 is 2.35 bits per heavy atom. The summed E-state index contributed by atoms with van der Waals surface area (Å²) in [5.74, 6) is 0. The lowest BCUT2D eigenvalue weighted by atomic mass is 9.93. The van der Waals surface area contributed by atoms with E-state index in [9.17, 15) is 0 Å². The largest absolute Gasteiger partial charge is 0.309 e. The van der Waals surface area contributed by atoms with E-state index in [1.807, 2.05) is 11.3 Å². The minimum Gasteiger partial charge on any atom is -0.309 e. The highest BCUT2D eigenvalue weighted by atomic mass is 32.1. The van der Waals surface area contributed by atoms with Crippen molar-refractivity contribution in [2.24, 2.45) is 0 Å². The summed E-state index contributed by atoms with van der Waals surface area (Å²) in [4.78, 5) is 4.15. The molecule has 1 aromatic heterocycles. The number of hydrogen-bond donors (Lipinski definition) is 1. The van der Waals surface area contributed by atoms with Crippen molar-refractivity contribution < 1.29 is 0 Å². The van der Waals surface area contributed by atoms with Gasteiger partial charge in [0, 0.05) is 36.1 Å². The van der Waals surface area contributed by atoms with Gasteiger partial charge in [0.15, 0.2) is 0 Å². The summed E-state index contributed by atoms with van der Waals surface area (Å²) in [5.41, 5.74) is 0.295. The third-order valence-corrected chi connectivity index (χ3v) is 4.88. The normalized spacial score (nSPS) is 30.6. The van der Waals surface area contributed by atoms with E-state index in [0.29, 0.717) is 11.6 Å². The Morgan fingerprint density at radius 1 is 1.53 bits per heavy atom. The molecule has 1 fully saturated rings. The molecule has 0 aliphatic carbocycles. The topological polar surface area (TPSA) is 15.3 Å². The molecule has 0 amide bonds. The standard InChI is InChI=1S/C14H24N2S/c1-4-12-9-15-14(3,5-2)11-16(12)10-13-7-6-8-17-13/h6-8,12,15H,4-5,9-11H2,1-3H3. The quantitative estimate of drug-likeness (QED) is 0.886. The Bertz CT molecular complexity index is 336. The van der Waals surface area contributed by atoms with Crippen molar-refractivity contribution in [2.75, 3.05) is 13.1 Å². The average molecular weight is 252 g/mol. The molecule has 0 aromatic carbocycles. The van der Waals surface area contributed by atoms with E-state index < -0.39 is 0 Å². The summed E-state index contributed by atoms with van der Waals surface area (Å²) < 4.78 is 0. The predicted octanol–water partition coefficient (Wildman–Crippen LogP) is 3.10. The van der Waals surface area contributed by atoms with E-state index >= 15 is 0 Å². The molecule has 1 N–H and O–H groups in total. The molecular formula is C14H24N2S. The monoisotopic (exact) mass is 252 g/mol. The van der Waals surface area contributed by atoms with Crippen LogP contribution in [0.1, 0.15) is 38.5 Å². The van der Waals surface area contributed by atoms with Crippen LogP contribution in [-0.4, -0.2) is 29.6 Å². The zero-order valence-electron chi connectivity index (χ0n) is 11.2. The van der Waals surface area contributed by atoms with Crippen LogP contribution in [0.4, 0.5) is 0 Å². The van der Waals surface area contributed by atoms with Gasteiger partial charge < -0.3 is 5.32 Å². The van der Waals surface area contributed by atoms with E-state index in [-0.39, 0.29) is 0 Å². The lowest BCUT2D eigenvalue weighted by Gasteiger charge is -2.45. The molecule has 2 heterocycles. The fourth-order valence-electron chi connectivity index (χ4n) is 2.55. The molecule has 2 unspecified atom stereocenters. The molecule has 0 saturated carbocycles. The fraction of sp³-hybridized carbons (Fsp3) is 0.714. The number of rotatable bonds is 4. The van der Waals surface area contributed by atoms with E-state index in [1.54, 1.807) is 0 Å². The highest BCUT2D eigenvalue weighted by Gasteiger charge is 2.33. The number of piperazine rings is 1. The molecule has 1 saturated heterocycles. The maximum atomic E-state index is 3.72. The number of thiophene rings is 1. The molecule has 96 valence electrons. The zero-order valence-corrected chi connectivity index (χ0v) is 12.0. The highest BCUT2D eigenvalue weighted by molar-refractivity contribution is 7.09. The van der Waals surface area contributed by atoms with Gasteiger partial charge in [-0.25, -0.2) is 0 Å². The molecule has 1 aliphatic rings. The van der Waals surface area contributed by atoms with Gasteiger partial charge in [0.2, 0.25) is 0 Å². The molecular weight excluding hydrogens is 228 g/mol. The summed E-state index contributed by atoms with van der Waals surface area (Å²) in [7, 11) is 0. The second-order valence-electron chi connectivity index (χ2n) is 5.34.